The van der Waals surface area contributed by atoms with Gasteiger partial charge in [-0.25, -0.2) is 0 Å². The van der Waals surface area contributed by atoms with Gasteiger partial charge >= 0.3 is 0 Å². The maximum atomic E-state index is 12.7. The molecule has 3 rings (SSSR count). The topological polar surface area (TPSA) is 58.6 Å². The Morgan fingerprint density at radius 1 is 1.37 bits per heavy atom. The highest BCUT2D eigenvalue weighted by atomic mass is 79.9. The Balaban J connectivity index is 1.76. The van der Waals surface area contributed by atoms with E-state index in [1.54, 1.807) is 11.0 Å². The van der Waals surface area contributed by atoms with Crippen LogP contribution in [0.2, 0.25) is 5.02 Å². The van der Waals surface area contributed by atoms with Crippen LogP contribution in [0.15, 0.2) is 40.9 Å². The van der Waals surface area contributed by atoms with E-state index in [1.807, 2.05) is 44.2 Å². The van der Waals surface area contributed by atoms with Crippen LogP contribution in [0.5, 0.6) is 5.75 Å². The Hall–Kier alpha value is -2.05. The van der Waals surface area contributed by atoms with E-state index in [0.29, 0.717) is 35.3 Å². The van der Waals surface area contributed by atoms with Crippen molar-refractivity contribution in [3.05, 3.63) is 51.5 Å². The molecule has 7 heteroatoms. The SMILES string of the molecule is CCOc1ccccc1N1C[C@H](C(=O)Nc2cc(Cl)c(Br)cc2C)CC1=O. The molecule has 1 atom stereocenters. The average Bonchev–Trinajstić information content (AvgIpc) is 3.02. The third kappa shape index (κ3) is 4.28. The molecule has 5 nitrogen and oxygen atoms in total. The van der Waals surface area contributed by atoms with Crippen LogP contribution in [0.25, 0.3) is 0 Å². The number of aryl methyl sites for hydroxylation is 1. The molecule has 27 heavy (non-hydrogen) atoms. The van der Waals surface area contributed by atoms with E-state index in [0.717, 1.165) is 10.0 Å². The second-order valence-electron chi connectivity index (χ2n) is 6.38. The molecule has 0 aliphatic carbocycles. The summed E-state index contributed by atoms with van der Waals surface area (Å²) in [6, 6.07) is 10.9. The van der Waals surface area contributed by atoms with Gasteiger partial charge in [0.1, 0.15) is 5.75 Å². The number of hydrogen-bond acceptors (Lipinski definition) is 3. The van der Waals surface area contributed by atoms with Crippen LogP contribution in [-0.2, 0) is 9.59 Å². The van der Waals surface area contributed by atoms with Crippen LogP contribution in [0, 0.1) is 12.8 Å². The monoisotopic (exact) mass is 450 g/mol. The first kappa shape index (κ1) is 19.7. The fourth-order valence-electron chi connectivity index (χ4n) is 3.09. The molecule has 1 saturated heterocycles. The summed E-state index contributed by atoms with van der Waals surface area (Å²) in [5.41, 5.74) is 2.24. The van der Waals surface area contributed by atoms with Crippen molar-refractivity contribution in [1.82, 2.24) is 0 Å². The van der Waals surface area contributed by atoms with Crippen LogP contribution >= 0.6 is 27.5 Å². The molecule has 1 aliphatic heterocycles. The van der Waals surface area contributed by atoms with E-state index in [2.05, 4.69) is 21.2 Å². The fourth-order valence-corrected chi connectivity index (χ4v) is 3.71. The second kappa shape index (κ2) is 8.31. The number of hydrogen-bond donors (Lipinski definition) is 1. The molecule has 0 aromatic heterocycles. The number of para-hydroxylation sites is 2. The van der Waals surface area contributed by atoms with E-state index >= 15 is 0 Å². The molecule has 0 radical (unpaired) electrons. The number of carbonyl (C=O) groups is 2. The van der Waals surface area contributed by atoms with Gasteiger partial charge in [-0.15, -0.1) is 0 Å². The highest BCUT2D eigenvalue weighted by Gasteiger charge is 2.36. The standard InChI is InChI=1S/C20H20BrClN2O3/c1-3-27-18-7-5-4-6-17(18)24-11-13(9-19(24)25)20(26)23-16-10-15(22)14(21)8-12(16)2/h4-8,10,13H,3,9,11H2,1-2H3,(H,23,26)/t13-/m1/s1. The predicted octanol–water partition coefficient (Wildman–Crippen LogP) is 4.80. The zero-order valence-corrected chi connectivity index (χ0v) is 17.4. The van der Waals surface area contributed by atoms with E-state index in [9.17, 15) is 9.59 Å². The fraction of sp³-hybridized carbons (Fsp3) is 0.300. The number of halogens is 2. The van der Waals surface area contributed by atoms with E-state index in [-0.39, 0.29) is 18.2 Å². The second-order valence-corrected chi connectivity index (χ2v) is 7.64. The smallest absolute Gasteiger partial charge is 0.229 e. The lowest BCUT2D eigenvalue weighted by Gasteiger charge is -2.20. The molecule has 1 fully saturated rings. The summed E-state index contributed by atoms with van der Waals surface area (Å²) in [4.78, 5) is 26.9. The molecule has 142 valence electrons. The van der Waals surface area contributed by atoms with Crippen molar-refractivity contribution in [2.75, 3.05) is 23.4 Å². The molecule has 1 aliphatic rings. The van der Waals surface area contributed by atoms with Crippen molar-refractivity contribution in [2.45, 2.75) is 20.3 Å². The van der Waals surface area contributed by atoms with Crippen LogP contribution < -0.4 is 15.0 Å². The first-order chi connectivity index (χ1) is 12.9. The number of nitrogens with zero attached hydrogens (tertiary/aromatic N) is 1. The Bertz CT molecular complexity index is 888. The summed E-state index contributed by atoms with van der Waals surface area (Å²) in [6.07, 6.45) is 0.162. The van der Waals surface area contributed by atoms with E-state index in [4.69, 9.17) is 16.3 Å². The van der Waals surface area contributed by atoms with Gasteiger partial charge in [0.15, 0.2) is 0 Å². The van der Waals surface area contributed by atoms with Gasteiger partial charge in [-0.05, 0) is 59.6 Å². The van der Waals surface area contributed by atoms with Gasteiger partial charge in [0, 0.05) is 23.1 Å². The van der Waals surface area contributed by atoms with Crippen molar-refractivity contribution < 1.29 is 14.3 Å². The minimum atomic E-state index is -0.436. The lowest BCUT2D eigenvalue weighted by Crippen LogP contribution is -2.28. The molecule has 1 heterocycles. The van der Waals surface area contributed by atoms with Crippen molar-refractivity contribution >= 4 is 50.7 Å². The summed E-state index contributed by atoms with van der Waals surface area (Å²) < 4.78 is 6.39. The molecule has 0 saturated carbocycles. The van der Waals surface area contributed by atoms with Crippen LogP contribution in [0.4, 0.5) is 11.4 Å². The minimum Gasteiger partial charge on any atom is -0.492 e. The maximum Gasteiger partial charge on any atom is 0.229 e. The highest BCUT2D eigenvalue weighted by Crippen LogP contribution is 2.34. The molecular weight excluding hydrogens is 432 g/mol. The summed E-state index contributed by atoms with van der Waals surface area (Å²) in [5, 5.41) is 3.42. The van der Waals surface area contributed by atoms with Gasteiger partial charge in [-0.1, -0.05) is 23.7 Å². The van der Waals surface area contributed by atoms with Crippen molar-refractivity contribution in [1.29, 1.82) is 0 Å². The molecule has 0 unspecified atom stereocenters. The summed E-state index contributed by atoms with van der Waals surface area (Å²) in [6.45, 7) is 4.61. The largest absolute Gasteiger partial charge is 0.492 e. The number of carbonyl (C=O) groups excluding carboxylic acids is 2. The zero-order chi connectivity index (χ0) is 19.6. The molecule has 2 aromatic carbocycles. The quantitative estimate of drug-likeness (QED) is 0.710. The number of anilines is 2. The molecule has 1 N–H and O–H groups in total. The normalized spacial score (nSPS) is 16.5. The van der Waals surface area contributed by atoms with Crippen molar-refractivity contribution in [3.63, 3.8) is 0 Å². The van der Waals surface area contributed by atoms with Crippen LogP contribution in [0.1, 0.15) is 18.9 Å². The summed E-state index contributed by atoms with van der Waals surface area (Å²) in [7, 11) is 0. The Labute approximate surface area is 171 Å². The average molecular weight is 452 g/mol. The lowest BCUT2D eigenvalue weighted by molar-refractivity contribution is -0.122. The predicted molar refractivity (Wildman–Crippen MR) is 111 cm³/mol. The van der Waals surface area contributed by atoms with Gasteiger partial charge in [0.2, 0.25) is 11.8 Å². The molecule has 0 bridgehead atoms. The van der Waals surface area contributed by atoms with E-state index < -0.39 is 5.92 Å². The van der Waals surface area contributed by atoms with Gasteiger partial charge in [-0.3, -0.25) is 9.59 Å². The number of ether oxygens (including phenoxy) is 1. The number of rotatable bonds is 5. The van der Waals surface area contributed by atoms with Crippen LogP contribution in [-0.4, -0.2) is 25.0 Å². The summed E-state index contributed by atoms with van der Waals surface area (Å²) >= 11 is 9.49. The lowest BCUT2D eigenvalue weighted by atomic mass is 10.1. The van der Waals surface area contributed by atoms with Gasteiger partial charge in [0.05, 0.1) is 23.2 Å². The molecule has 0 spiro atoms. The first-order valence-corrected chi connectivity index (χ1v) is 9.86. The van der Waals surface area contributed by atoms with Crippen LogP contribution in [0.3, 0.4) is 0 Å². The van der Waals surface area contributed by atoms with E-state index in [1.165, 1.54) is 0 Å². The van der Waals surface area contributed by atoms with Gasteiger partial charge in [-0.2, -0.15) is 0 Å². The summed E-state index contributed by atoms with van der Waals surface area (Å²) in [5.74, 6) is -0.0759. The molecule has 2 aromatic rings. The molecule has 2 amide bonds. The van der Waals surface area contributed by atoms with Crippen molar-refractivity contribution in [3.8, 4) is 5.75 Å². The Morgan fingerprint density at radius 3 is 2.85 bits per heavy atom. The zero-order valence-electron chi connectivity index (χ0n) is 15.1. The van der Waals surface area contributed by atoms with Gasteiger partial charge < -0.3 is 15.0 Å². The minimum absolute atomic E-state index is 0.0899. The van der Waals surface area contributed by atoms with Gasteiger partial charge in [0.25, 0.3) is 0 Å². The molecular formula is C20H20BrClN2O3. The third-order valence-corrected chi connectivity index (χ3v) is 5.67. The highest BCUT2D eigenvalue weighted by molar-refractivity contribution is 9.10. The Morgan fingerprint density at radius 2 is 2.11 bits per heavy atom. The first-order valence-electron chi connectivity index (χ1n) is 8.69. The Kier molecular flexibility index (Phi) is 6.07. The number of nitrogens with one attached hydrogen (secondary N) is 1. The third-order valence-electron chi connectivity index (χ3n) is 4.48. The van der Waals surface area contributed by atoms with Crippen molar-refractivity contribution in [2.24, 2.45) is 5.92 Å². The maximum absolute atomic E-state index is 12.7. The number of benzene rings is 2. The number of amides is 2.